The summed E-state index contributed by atoms with van der Waals surface area (Å²) in [5, 5.41) is 10.4. The number of halogens is 2. The Morgan fingerprint density at radius 3 is 2.82 bits per heavy atom. The number of nitrogens with zero attached hydrogens (tertiary/aromatic N) is 2. The molecule has 1 fully saturated rings. The lowest BCUT2D eigenvalue weighted by molar-refractivity contribution is 0.0277. The van der Waals surface area contributed by atoms with Gasteiger partial charge in [0.05, 0.1) is 12.7 Å². The van der Waals surface area contributed by atoms with E-state index in [1.165, 1.54) is 10.9 Å². The van der Waals surface area contributed by atoms with Crippen LogP contribution in [0.15, 0.2) is 36.5 Å². The minimum absolute atomic E-state index is 0.0769. The van der Waals surface area contributed by atoms with Gasteiger partial charge in [-0.15, -0.1) is 0 Å². The first-order valence-corrected chi connectivity index (χ1v) is 7.21. The molecule has 2 N–H and O–H groups in total. The summed E-state index contributed by atoms with van der Waals surface area (Å²) in [6.45, 7) is 2.01. The number of rotatable bonds is 5. The molecule has 1 aromatic heterocycles. The fourth-order valence-corrected chi connectivity index (χ4v) is 2.38. The summed E-state index contributed by atoms with van der Waals surface area (Å²) in [5.41, 5.74) is 1.97. The molecule has 0 bridgehead atoms. The topological polar surface area (TPSA) is 51.1 Å². The number of aromatic nitrogens is 2. The molecule has 22 heavy (non-hydrogen) atoms. The van der Waals surface area contributed by atoms with E-state index in [1.807, 2.05) is 24.3 Å². The second kappa shape index (κ2) is 6.85. The summed E-state index contributed by atoms with van der Waals surface area (Å²) in [6, 6.07) is 9.52. The zero-order valence-electron chi connectivity index (χ0n) is 12.0. The third-order valence-corrected chi connectivity index (χ3v) is 3.45. The number of ether oxygens (including phenoxy) is 1. The fourth-order valence-electron chi connectivity index (χ4n) is 2.38. The molecule has 0 saturated carbocycles. The Balaban J connectivity index is 1.61. The molecule has 1 unspecified atom stereocenters. The average Bonchev–Trinajstić information content (AvgIpc) is 2.95. The van der Waals surface area contributed by atoms with Gasteiger partial charge in [0.1, 0.15) is 6.54 Å². The monoisotopic (exact) mass is 308 g/mol. The Morgan fingerprint density at radius 1 is 1.32 bits per heavy atom. The van der Waals surface area contributed by atoms with Gasteiger partial charge < -0.3 is 15.4 Å². The molecule has 0 aliphatic carbocycles. The molecular weight excluding hydrogens is 290 g/mol. The molecule has 0 spiro atoms. The standard InChI is InChI=1S/C15H18F2N4O/c16-14(17)10-21-7-5-15(20-21)19-12-3-1-11(2-4-12)13-9-18-6-8-22-13/h1-5,7,13-14,18H,6,8-10H2,(H,19,20). The number of alkyl halides is 2. The van der Waals surface area contributed by atoms with Crippen LogP contribution < -0.4 is 10.6 Å². The molecule has 1 saturated heterocycles. The molecule has 2 aromatic rings. The summed E-state index contributed by atoms with van der Waals surface area (Å²) in [5.74, 6) is 0.545. The van der Waals surface area contributed by atoms with Crippen LogP contribution >= 0.6 is 0 Å². The van der Waals surface area contributed by atoms with Crippen molar-refractivity contribution in [2.24, 2.45) is 0 Å². The maximum Gasteiger partial charge on any atom is 0.257 e. The predicted molar refractivity (Wildman–Crippen MR) is 79.5 cm³/mol. The van der Waals surface area contributed by atoms with Gasteiger partial charge in [0.2, 0.25) is 0 Å². The Morgan fingerprint density at radius 2 is 2.14 bits per heavy atom. The van der Waals surface area contributed by atoms with E-state index in [4.69, 9.17) is 4.74 Å². The maximum atomic E-state index is 12.3. The van der Waals surface area contributed by atoms with Crippen LogP contribution in [0.4, 0.5) is 20.3 Å². The number of morpholine rings is 1. The third-order valence-electron chi connectivity index (χ3n) is 3.45. The van der Waals surface area contributed by atoms with Crippen molar-refractivity contribution in [1.29, 1.82) is 0 Å². The number of hydrogen-bond donors (Lipinski definition) is 2. The molecule has 0 amide bonds. The van der Waals surface area contributed by atoms with Crippen LogP contribution in [0, 0.1) is 0 Å². The molecule has 1 aromatic carbocycles. The molecule has 1 atom stereocenters. The van der Waals surface area contributed by atoms with E-state index in [9.17, 15) is 8.78 Å². The molecule has 1 aliphatic rings. The Hall–Kier alpha value is -1.99. The summed E-state index contributed by atoms with van der Waals surface area (Å²) in [6.07, 6.45) is -0.797. The van der Waals surface area contributed by atoms with Crippen molar-refractivity contribution < 1.29 is 13.5 Å². The number of anilines is 2. The second-order valence-electron chi connectivity index (χ2n) is 5.12. The summed E-state index contributed by atoms with van der Waals surface area (Å²) in [4.78, 5) is 0. The van der Waals surface area contributed by atoms with Crippen LogP contribution in [0.3, 0.4) is 0 Å². The molecule has 1 aliphatic heterocycles. The predicted octanol–water partition coefficient (Wildman–Crippen LogP) is 2.55. The summed E-state index contributed by atoms with van der Waals surface area (Å²) in [7, 11) is 0. The highest BCUT2D eigenvalue weighted by Crippen LogP contribution is 2.22. The Labute approximate surface area is 127 Å². The van der Waals surface area contributed by atoms with E-state index in [1.54, 1.807) is 6.07 Å². The lowest BCUT2D eigenvalue weighted by Gasteiger charge is -2.24. The van der Waals surface area contributed by atoms with Crippen molar-refractivity contribution in [3.05, 3.63) is 42.1 Å². The van der Waals surface area contributed by atoms with Gasteiger partial charge in [-0.1, -0.05) is 12.1 Å². The van der Waals surface area contributed by atoms with Crippen LogP contribution in [0.5, 0.6) is 0 Å². The molecule has 2 heterocycles. The smallest absolute Gasteiger partial charge is 0.257 e. The first-order chi connectivity index (χ1) is 10.7. The molecule has 5 nitrogen and oxygen atoms in total. The van der Waals surface area contributed by atoms with E-state index in [2.05, 4.69) is 15.7 Å². The van der Waals surface area contributed by atoms with E-state index in [0.29, 0.717) is 12.4 Å². The maximum absolute atomic E-state index is 12.3. The highest BCUT2D eigenvalue weighted by atomic mass is 19.3. The van der Waals surface area contributed by atoms with Crippen LogP contribution in [0.25, 0.3) is 0 Å². The van der Waals surface area contributed by atoms with Crippen LogP contribution in [-0.4, -0.2) is 35.9 Å². The highest BCUT2D eigenvalue weighted by molar-refractivity contribution is 5.56. The zero-order chi connectivity index (χ0) is 15.4. The number of hydrogen-bond acceptors (Lipinski definition) is 4. The van der Waals surface area contributed by atoms with Crippen LogP contribution in [0.1, 0.15) is 11.7 Å². The molecular formula is C15H18F2N4O. The fraction of sp³-hybridized carbons (Fsp3) is 0.400. The molecule has 3 rings (SSSR count). The van der Waals surface area contributed by atoms with Gasteiger partial charge in [0.25, 0.3) is 6.43 Å². The van der Waals surface area contributed by atoms with E-state index in [-0.39, 0.29) is 6.10 Å². The van der Waals surface area contributed by atoms with Gasteiger partial charge in [-0.3, -0.25) is 4.68 Å². The second-order valence-corrected chi connectivity index (χ2v) is 5.12. The number of nitrogens with one attached hydrogen (secondary N) is 2. The lowest BCUT2D eigenvalue weighted by Crippen LogP contribution is -2.33. The van der Waals surface area contributed by atoms with Gasteiger partial charge in [0, 0.05) is 31.0 Å². The van der Waals surface area contributed by atoms with E-state index >= 15 is 0 Å². The van der Waals surface area contributed by atoms with Crippen molar-refractivity contribution in [2.45, 2.75) is 19.1 Å². The van der Waals surface area contributed by atoms with Gasteiger partial charge in [-0.25, -0.2) is 8.78 Å². The molecule has 0 radical (unpaired) electrons. The average molecular weight is 308 g/mol. The Kier molecular flexibility index (Phi) is 4.65. The highest BCUT2D eigenvalue weighted by Gasteiger charge is 2.15. The van der Waals surface area contributed by atoms with Crippen molar-refractivity contribution in [1.82, 2.24) is 15.1 Å². The molecule has 118 valence electrons. The quantitative estimate of drug-likeness (QED) is 0.891. The van der Waals surface area contributed by atoms with E-state index < -0.39 is 13.0 Å². The summed E-state index contributed by atoms with van der Waals surface area (Å²) >= 11 is 0. The van der Waals surface area contributed by atoms with Crippen LogP contribution in [-0.2, 0) is 11.3 Å². The van der Waals surface area contributed by atoms with Gasteiger partial charge in [-0.05, 0) is 17.7 Å². The minimum Gasteiger partial charge on any atom is -0.371 e. The van der Waals surface area contributed by atoms with Crippen molar-refractivity contribution >= 4 is 11.5 Å². The zero-order valence-corrected chi connectivity index (χ0v) is 12.0. The van der Waals surface area contributed by atoms with Crippen molar-refractivity contribution in [3.63, 3.8) is 0 Å². The summed E-state index contributed by atoms with van der Waals surface area (Å²) < 4.78 is 31.5. The third kappa shape index (κ3) is 3.80. The molecule has 7 heteroatoms. The van der Waals surface area contributed by atoms with Crippen molar-refractivity contribution in [3.8, 4) is 0 Å². The van der Waals surface area contributed by atoms with Crippen LogP contribution in [0.2, 0.25) is 0 Å². The SMILES string of the molecule is FC(F)Cn1ccc(Nc2ccc(C3CNCCO3)cc2)n1. The van der Waals surface area contributed by atoms with E-state index in [0.717, 1.165) is 24.3 Å². The van der Waals surface area contributed by atoms with Gasteiger partial charge >= 0.3 is 0 Å². The number of benzene rings is 1. The van der Waals surface area contributed by atoms with Crippen molar-refractivity contribution in [2.75, 3.05) is 25.0 Å². The Bertz CT molecular complexity index is 594. The van der Waals surface area contributed by atoms with Gasteiger partial charge in [0.15, 0.2) is 5.82 Å². The first kappa shape index (κ1) is 14.9. The minimum atomic E-state index is -2.41. The largest absolute Gasteiger partial charge is 0.371 e. The normalized spacial score (nSPS) is 18.6. The van der Waals surface area contributed by atoms with Gasteiger partial charge in [-0.2, -0.15) is 5.10 Å². The lowest BCUT2D eigenvalue weighted by atomic mass is 10.1. The first-order valence-electron chi connectivity index (χ1n) is 7.21.